The quantitative estimate of drug-likeness (QED) is 0.674. The zero-order chi connectivity index (χ0) is 17.7. The molecule has 136 valence electrons. The van der Waals surface area contributed by atoms with Crippen LogP contribution in [-0.2, 0) is 9.53 Å². The third kappa shape index (κ3) is 6.45. The number of likely N-dealkylation sites (tertiary alicyclic amines) is 1. The zero-order valence-electron chi connectivity index (χ0n) is 16.6. The highest BCUT2D eigenvalue weighted by atomic mass is 16.5. The Kier molecular flexibility index (Phi) is 7.12. The van der Waals surface area contributed by atoms with Gasteiger partial charge in [0, 0.05) is 6.54 Å². The number of carbonyl (C=O) groups excluding carboxylic acids is 1. The molecular formula is C20H39NO2. The van der Waals surface area contributed by atoms with Gasteiger partial charge in [0.25, 0.3) is 0 Å². The van der Waals surface area contributed by atoms with Crippen LogP contribution < -0.4 is 0 Å². The molecule has 0 amide bonds. The van der Waals surface area contributed by atoms with Gasteiger partial charge in [0.05, 0.1) is 5.41 Å². The van der Waals surface area contributed by atoms with Crippen LogP contribution in [0.4, 0.5) is 0 Å². The second-order valence-corrected chi connectivity index (χ2v) is 9.71. The molecule has 1 heterocycles. The molecular weight excluding hydrogens is 286 g/mol. The predicted octanol–water partition coefficient (Wildman–Crippen LogP) is 4.89. The molecule has 3 nitrogen and oxygen atoms in total. The lowest BCUT2D eigenvalue weighted by Gasteiger charge is -2.43. The van der Waals surface area contributed by atoms with Crippen LogP contribution in [0.1, 0.15) is 80.6 Å². The largest absolute Gasteiger partial charge is 0.464 e. The van der Waals surface area contributed by atoms with Crippen molar-refractivity contribution < 1.29 is 9.53 Å². The maximum Gasteiger partial charge on any atom is 0.312 e. The first kappa shape index (κ1) is 20.5. The minimum absolute atomic E-state index is 0.0326. The van der Waals surface area contributed by atoms with Gasteiger partial charge >= 0.3 is 5.97 Å². The monoisotopic (exact) mass is 325 g/mol. The van der Waals surface area contributed by atoms with Gasteiger partial charge in [0.15, 0.2) is 0 Å². The van der Waals surface area contributed by atoms with Gasteiger partial charge in [-0.05, 0) is 50.1 Å². The Morgan fingerprint density at radius 1 is 0.913 bits per heavy atom. The van der Waals surface area contributed by atoms with E-state index in [0.29, 0.717) is 6.61 Å². The van der Waals surface area contributed by atoms with Gasteiger partial charge in [-0.3, -0.25) is 9.69 Å². The molecule has 0 spiro atoms. The summed E-state index contributed by atoms with van der Waals surface area (Å²) >= 11 is 0. The van der Waals surface area contributed by atoms with Gasteiger partial charge in [-0.1, -0.05) is 54.4 Å². The number of ether oxygens (including phenoxy) is 1. The molecule has 1 aliphatic rings. The number of nitrogens with zero attached hydrogens (tertiary/aromatic N) is 1. The van der Waals surface area contributed by atoms with E-state index in [1.807, 2.05) is 0 Å². The summed E-state index contributed by atoms with van der Waals surface area (Å²) in [7, 11) is 0. The normalized spacial score (nSPS) is 20.7. The summed E-state index contributed by atoms with van der Waals surface area (Å²) in [5.74, 6) is -0.0326. The maximum atomic E-state index is 12.9. The molecule has 0 bridgehead atoms. The second-order valence-electron chi connectivity index (χ2n) is 9.71. The summed E-state index contributed by atoms with van der Waals surface area (Å²) in [6.45, 7) is 18.8. The number of hydrogen-bond donors (Lipinski definition) is 0. The first-order chi connectivity index (χ1) is 10.5. The summed E-state index contributed by atoms with van der Waals surface area (Å²) in [5, 5.41) is 0. The molecule has 1 aliphatic heterocycles. The molecule has 1 fully saturated rings. The number of esters is 1. The Labute approximate surface area is 144 Å². The molecule has 23 heavy (non-hydrogen) atoms. The lowest BCUT2D eigenvalue weighted by molar-refractivity contribution is -0.165. The number of hydrogen-bond acceptors (Lipinski definition) is 3. The van der Waals surface area contributed by atoms with E-state index < -0.39 is 5.41 Å². The molecule has 1 unspecified atom stereocenters. The average Bonchev–Trinajstić information content (AvgIpc) is 2.63. The van der Waals surface area contributed by atoms with Crippen LogP contribution in [0.15, 0.2) is 0 Å². The Morgan fingerprint density at radius 3 is 1.87 bits per heavy atom. The Morgan fingerprint density at radius 2 is 1.43 bits per heavy atom. The summed E-state index contributed by atoms with van der Waals surface area (Å²) in [6.07, 6.45) is 6.06. The first-order valence-electron chi connectivity index (χ1n) is 9.35. The smallest absolute Gasteiger partial charge is 0.312 e. The van der Waals surface area contributed by atoms with Crippen molar-refractivity contribution in [3.05, 3.63) is 0 Å². The van der Waals surface area contributed by atoms with Crippen molar-refractivity contribution in [2.24, 2.45) is 16.2 Å². The average molecular weight is 326 g/mol. The van der Waals surface area contributed by atoms with Crippen LogP contribution in [0.25, 0.3) is 0 Å². The Bertz CT molecular complexity index is 370. The molecule has 0 aromatic carbocycles. The minimum atomic E-state index is -0.454. The van der Waals surface area contributed by atoms with Crippen molar-refractivity contribution in [2.45, 2.75) is 80.6 Å². The molecule has 0 saturated carbocycles. The van der Waals surface area contributed by atoms with E-state index in [1.54, 1.807) is 0 Å². The van der Waals surface area contributed by atoms with E-state index in [1.165, 1.54) is 25.7 Å². The van der Waals surface area contributed by atoms with Crippen LogP contribution >= 0.6 is 0 Å². The molecule has 1 rings (SSSR count). The highest BCUT2D eigenvalue weighted by Gasteiger charge is 2.47. The lowest BCUT2D eigenvalue weighted by atomic mass is 9.61. The Balaban J connectivity index is 2.60. The number of carbonyl (C=O) groups is 1. The third-order valence-corrected chi connectivity index (χ3v) is 5.33. The van der Waals surface area contributed by atoms with E-state index in [4.69, 9.17) is 4.74 Å². The van der Waals surface area contributed by atoms with E-state index in [9.17, 15) is 4.79 Å². The van der Waals surface area contributed by atoms with Crippen LogP contribution in [0.2, 0.25) is 0 Å². The van der Waals surface area contributed by atoms with Crippen LogP contribution in [-0.4, -0.2) is 37.1 Å². The van der Waals surface area contributed by atoms with Crippen molar-refractivity contribution in [2.75, 3.05) is 26.2 Å². The van der Waals surface area contributed by atoms with E-state index in [2.05, 4.69) is 53.4 Å². The van der Waals surface area contributed by atoms with Gasteiger partial charge in [0.1, 0.15) is 6.61 Å². The Hall–Kier alpha value is -0.570. The van der Waals surface area contributed by atoms with E-state index >= 15 is 0 Å². The van der Waals surface area contributed by atoms with Crippen molar-refractivity contribution in [3.63, 3.8) is 0 Å². The van der Waals surface area contributed by atoms with Gasteiger partial charge in [0.2, 0.25) is 0 Å². The molecule has 0 aromatic rings. The minimum Gasteiger partial charge on any atom is -0.464 e. The van der Waals surface area contributed by atoms with Crippen molar-refractivity contribution in [1.29, 1.82) is 0 Å². The summed E-state index contributed by atoms with van der Waals surface area (Å²) in [5.41, 5.74) is -0.462. The molecule has 3 heteroatoms. The first-order valence-corrected chi connectivity index (χ1v) is 9.35. The summed E-state index contributed by atoms with van der Waals surface area (Å²) in [4.78, 5) is 15.3. The molecule has 0 aromatic heterocycles. The molecule has 1 atom stereocenters. The van der Waals surface area contributed by atoms with Crippen molar-refractivity contribution >= 4 is 5.97 Å². The third-order valence-electron chi connectivity index (χ3n) is 5.33. The van der Waals surface area contributed by atoms with Gasteiger partial charge in [-0.15, -0.1) is 0 Å². The van der Waals surface area contributed by atoms with Gasteiger partial charge < -0.3 is 4.74 Å². The van der Waals surface area contributed by atoms with Crippen LogP contribution in [0.3, 0.4) is 0 Å². The SMILES string of the molecule is CC(C)(C)CC(C)(C(=O)OCCN1CCCCCC1)C(C)(C)C. The fourth-order valence-electron chi connectivity index (χ4n) is 3.49. The number of rotatable bonds is 5. The summed E-state index contributed by atoms with van der Waals surface area (Å²) in [6, 6.07) is 0. The summed E-state index contributed by atoms with van der Waals surface area (Å²) < 4.78 is 5.74. The van der Waals surface area contributed by atoms with E-state index in [0.717, 1.165) is 26.1 Å². The van der Waals surface area contributed by atoms with Gasteiger partial charge in [-0.2, -0.15) is 0 Å². The standard InChI is InChI=1S/C20H39NO2/c1-18(2,3)16-20(7,19(4,5)6)17(22)23-15-14-21-12-10-8-9-11-13-21/h8-16H2,1-7H3. The fourth-order valence-corrected chi connectivity index (χ4v) is 3.49. The second kappa shape index (κ2) is 8.00. The molecule has 0 aliphatic carbocycles. The van der Waals surface area contributed by atoms with Crippen LogP contribution in [0.5, 0.6) is 0 Å². The van der Waals surface area contributed by atoms with Crippen molar-refractivity contribution in [1.82, 2.24) is 4.90 Å². The molecule has 0 N–H and O–H groups in total. The highest BCUT2D eigenvalue weighted by molar-refractivity contribution is 5.77. The molecule has 0 radical (unpaired) electrons. The maximum absolute atomic E-state index is 12.9. The topological polar surface area (TPSA) is 29.5 Å². The fraction of sp³-hybridized carbons (Fsp3) is 0.950. The predicted molar refractivity (Wildman–Crippen MR) is 97.5 cm³/mol. The zero-order valence-corrected chi connectivity index (χ0v) is 16.6. The van der Waals surface area contributed by atoms with E-state index in [-0.39, 0.29) is 16.8 Å². The van der Waals surface area contributed by atoms with Crippen LogP contribution in [0, 0.1) is 16.2 Å². The van der Waals surface area contributed by atoms with Crippen molar-refractivity contribution in [3.8, 4) is 0 Å². The van der Waals surface area contributed by atoms with Gasteiger partial charge in [-0.25, -0.2) is 0 Å². The lowest BCUT2D eigenvalue weighted by Crippen LogP contribution is -2.45. The molecule has 1 saturated heterocycles. The highest BCUT2D eigenvalue weighted by Crippen LogP contribution is 2.47.